The van der Waals surface area contributed by atoms with Crippen LogP contribution >= 0.6 is 0 Å². The van der Waals surface area contributed by atoms with Crippen molar-refractivity contribution in [3.63, 3.8) is 0 Å². The summed E-state index contributed by atoms with van der Waals surface area (Å²) in [5.41, 5.74) is 2.34. The van der Waals surface area contributed by atoms with E-state index in [4.69, 9.17) is 9.52 Å². The van der Waals surface area contributed by atoms with Gasteiger partial charge in [-0.25, -0.2) is 0 Å². The Balaban J connectivity index is 1.29. The zero-order chi connectivity index (χ0) is 21.4. The second kappa shape index (κ2) is 7.69. The lowest BCUT2D eigenvalue weighted by Crippen LogP contribution is -2.33. The number of hydrogen-bond acceptors (Lipinski definition) is 8. The summed E-state index contributed by atoms with van der Waals surface area (Å²) in [6.07, 6.45) is 0.352. The van der Waals surface area contributed by atoms with Crippen molar-refractivity contribution >= 4 is 5.65 Å². The smallest absolute Gasteiger partial charge is 0.416 e. The molecule has 1 saturated heterocycles. The average molecular weight is 430 g/mol. The molecule has 0 saturated carbocycles. The summed E-state index contributed by atoms with van der Waals surface area (Å²) in [5.74, 6) is -0.446. The molecule has 12 heteroatoms. The van der Waals surface area contributed by atoms with Crippen LogP contribution in [0.4, 0.5) is 13.2 Å². The fourth-order valence-electron chi connectivity index (χ4n) is 3.70. The molecule has 0 N–H and O–H groups in total. The number of pyridine rings is 1. The third kappa shape index (κ3) is 3.98. The molecule has 0 atom stereocenters. The van der Waals surface area contributed by atoms with Crippen molar-refractivity contribution in [3.05, 3.63) is 54.3 Å². The molecule has 0 bridgehead atoms. The number of nitrogens with zero attached hydrogens (tertiary/aromatic N) is 8. The largest absolute Gasteiger partial charge is 0.470 e. The summed E-state index contributed by atoms with van der Waals surface area (Å²) < 4.78 is 44.3. The summed E-state index contributed by atoms with van der Waals surface area (Å²) in [6, 6.07) is 7.54. The molecular weight excluding hydrogens is 413 g/mol. The maximum Gasteiger partial charge on any atom is 0.470 e. The molecule has 0 unspecified atom stereocenters. The fourth-order valence-corrected chi connectivity index (χ4v) is 3.70. The lowest BCUT2D eigenvalue weighted by Gasteiger charge is -2.29. The molecule has 4 aromatic heterocycles. The first-order chi connectivity index (χ1) is 15.0. The summed E-state index contributed by atoms with van der Waals surface area (Å²) in [7, 11) is 0. The molecule has 1 aliphatic rings. The zero-order valence-corrected chi connectivity index (χ0v) is 16.2. The monoisotopic (exact) mass is 430 g/mol. The first-order valence-corrected chi connectivity index (χ1v) is 9.72. The van der Waals surface area contributed by atoms with Crippen LogP contribution in [0.15, 0.2) is 41.1 Å². The van der Waals surface area contributed by atoms with Crippen molar-refractivity contribution in [1.82, 2.24) is 39.9 Å². The van der Waals surface area contributed by atoms with Gasteiger partial charge in [-0.05, 0) is 50.2 Å². The van der Waals surface area contributed by atoms with Crippen LogP contribution < -0.4 is 0 Å². The van der Waals surface area contributed by atoms with Gasteiger partial charge in [-0.1, -0.05) is 0 Å². The van der Waals surface area contributed by atoms with Gasteiger partial charge in [0.1, 0.15) is 0 Å². The maximum atomic E-state index is 12.6. The minimum Gasteiger partial charge on any atom is -0.416 e. The minimum absolute atomic E-state index is 0.0403. The molecule has 0 aromatic carbocycles. The highest BCUT2D eigenvalue weighted by atomic mass is 19.4. The lowest BCUT2D eigenvalue weighted by molar-refractivity contribution is -0.157. The highest BCUT2D eigenvalue weighted by molar-refractivity contribution is 5.58. The topological polar surface area (TPSA) is 98.1 Å². The first kappa shape index (κ1) is 19.5. The average Bonchev–Trinajstić information content (AvgIpc) is 3.42. The number of fused-ring (bicyclic) bond motifs is 1. The predicted molar refractivity (Wildman–Crippen MR) is 101 cm³/mol. The number of likely N-dealkylation sites (tertiary alicyclic amines) is 1. The summed E-state index contributed by atoms with van der Waals surface area (Å²) in [5, 5.41) is 19.8. The molecule has 0 aliphatic carbocycles. The number of aromatic nitrogens is 7. The highest BCUT2D eigenvalue weighted by Crippen LogP contribution is 2.30. The molecule has 9 nitrogen and oxygen atoms in total. The number of piperidine rings is 1. The third-order valence-electron chi connectivity index (χ3n) is 5.27. The van der Waals surface area contributed by atoms with Crippen LogP contribution in [-0.4, -0.2) is 53.0 Å². The van der Waals surface area contributed by atoms with Crippen LogP contribution in [0.2, 0.25) is 0 Å². The second-order valence-electron chi connectivity index (χ2n) is 7.34. The van der Waals surface area contributed by atoms with Gasteiger partial charge < -0.3 is 4.42 Å². The van der Waals surface area contributed by atoms with Crippen molar-refractivity contribution < 1.29 is 17.6 Å². The van der Waals surface area contributed by atoms with Crippen molar-refractivity contribution in [2.24, 2.45) is 0 Å². The molecule has 0 spiro atoms. The van der Waals surface area contributed by atoms with Crippen molar-refractivity contribution in [2.75, 3.05) is 13.1 Å². The molecule has 160 valence electrons. The zero-order valence-electron chi connectivity index (χ0n) is 16.2. The van der Waals surface area contributed by atoms with Gasteiger partial charge in [0.15, 0.2) is 11.5 Å². The van der Waals surface area contributed by atoms with E-state index in [1.807, 2.05) is 29.2 Å². The van der Waals surface area contributed by atoms with Crippen LogP contribution in [0.1, 0.15) is 36.4 Å². The molecule has 31 heavy (non-hydrogen) atoms. The fraction of sp³-hybridized carbons (Fsp3) is 0.368. The van der Waals surface area contributed by atoms with Crippen LogP contribution in [0, 0.1) is 0 Å². The molecule has 0 radical (unpaired) electrons. The van der Waals surface area contributed by atoms with Crippen molar-refractivity contribution in [1.29, 1.82) is 0 Å². The van der Waals surface area contributed by atoms with Gasteiger partial charge in [0.25, 0.3) is 0 Å². The molecule has 1 aliphatic heterocycles. The predicted octanol–water partition coefficient (Wildman–Crippen LogP) is 2.97. The van der Waals surface area contributed by atoms with E-state index in [1.54, 1.807) is 16.9 Å². The van der Waals surface area contributed by atoms with Crippen LogP contribution in [-0.2, 0) is 12.7 Å². The Morgan fingerprint density at radius 3 is 2.58 bits per heavy atom. The third-order valence-corrected chi connectivity index (χ3v) is 5.27. The normalized spacial score (nSPS) is 16.2. The molecule has 5 heterocycles. The Labute approximate surface area is 173 Å². The van der Waals surface area contributed by atoms with E-state index >= 15 is 0 Å². The maximum absolute atomic E-state index is 12.6. The molecule has 0 amide bonds. The van der Waals surface area contributed by atoms with Gasteiger partial charge in [-0.15, -0.1) is 20.4 Å². The minimum atomic E-state index is -4.63. The Morgan fingerprint density at radius 2 is 1.87 bits per heavy atom. The Bertz CT molecular complexity index is 1180. The van der Waals surface area contributed by atoms with Crippen LogP contribution in [0.5, 0.6) is 0 Å². The van der Waals surface area contributed by atoms with E-state index in [1.165, 1.54) is 0 Å². The van der Waals surface area contributed by atoms with E-state index in [0.29, 0.717) is 18.7 Å². The molecule has 5 rings (SSSR count). The quantitative estimate of drug-likeness (QED) is 0.487. The molecule has 1 fully saturated rings. The summed E-state index contributed by atoms with van der Waals surface area (Å²) in [6.45, 7) is 1.50. The number of rotatable bonds is 4. The summed E-state index contributed by atoms with van der Waals surface area (Å²) in [4.78, 5) is 6.12. The van der Waals surface area contributed by atoms with Crippen LogP contribution in [0.3, 0.4) is 0 Å². The first-order valence-electron chi connectivity index (χ1n) is 9.72. The Kier molecular flexibility index (Phi) is 4.85. The van der Waals surface area contributed by atoms with Crippen LogP contribution in [0.25, 0.3) is 16.9 Å². The van der Waals surface area contributed by atoms with Gasteiger partial charge in [0, 0.05) is 23.9 Å². The van der Waals surface area contributed by atoms with Crippen molar-refractivity contribution in [3.8, 4) is 11.3 Å². The summed E-state index contributed by atoms with van der Waals surface area (Å²) >= 11 is 0. The Hall–Kier alpha value is -3.41. The standard InChI is InChI=1S/C19H17F3N8O/c20-19(21,22)18-27-25-16(31-18)11-29-8-5-12(6-9-29)17-26-24-15-4-3-14(28-30(15)17)13-2-1-7-23-10-13/h1-4,7,10,12H,5-6,8-9,11H2. The second-order valence-corrected chi connectivity index (χ2v) is 7.34. The highest BCUT2D eigenvalue weighted by Gasteiger charge is 2.38. The molecule has 4 aromatic rings. The van der Waals surface area contributed by atoms with Gasteiger partial charge >= 0.3 is 12.1 Å². The number of hydrogen-bond donors (Lipinski definition) is 0. The lowest BCUT2D eigenvalue weighted by atomic mass is 9.96. The van der Waals surface area contributed by atoms with E-state index < -0.39 is 12.1 Å². The molecular formula is C19H17F3N8O. The van der Waals surface area contributed by atoms with E-state index in [2.05, 4.69) is 25.4 Å². The van der Waals surface area contributed by atoms with Gasteiger partial charge in [0.2, 0.25) is 5.89 Å². The van der Waals surface area contributed by atoms with Gasteiger partial charge in [0.05, 0.1) is 12.2 Å². The van der Waals surface area contributed by atoms with Gasteiger partial charge in [-0.2, -0.15) is 22.8 Å². The Morgan fingerprint density at radius 1 is 1.03 bits per heavy atom. The number of halogens is 3. The van der Waals surface area contributed by atoms with E-state index in [9.17, 15) is 13.2 Å². The van der Waals surface area contributed by atoms with E-state index in [0.717, 1.165) is 29.9 Å². The van der Waals surface area contributed by atoms with Gasteiger partial charge in [-0.3, -0.25) is 9.88 Å². The van der Waals surface area contributed by atoms with Crippen molar-refractivity contribution in [2.45, 2.75) is 31.5 Å². The number of alkyl halides is 3. The SMILES string of the molecule is FC(F)(F)c1nnc(CN2CCC(c3nnc4ccc(-c5cccnc5)nn34)CC2)o1. The van der Waals surface area contributed by atoms with E-state index in [-0.39, 0.29) is 18.4 Å².